The van der Waals surface area contributed by atoms with Crippen LogP contribution in [0.3, 0.4) is 0 Å². The van der Waals surface area contributed by atoms with Crippen molar-refractivity contribution in [1.82, 2.24) is 9.96 Å². The molecule has 130 valence electrons. The van der Waals surface area contributed by atoms with Gasteiger partial charge in [0.15, 0.2) is 0 Å². The zero-order valence-electron chi connectivity index (χ0n) is 14.1. The minimum absolute atomic E-state index is 0.0140. The molecule has 3 atom stereocenters. The first-order valence-electron chi connectivity index (χ1n) is 9.13. The van der Waals surface area contributed by atoms with Gasteiger partial charge >= 0.3 is 0 Å². The highest BCUT2D eigenvalue weighted by Gasteiger charge is 2.45. The number of carbonyl (C=O) groups is 1. The third-order valence-electron chi connectivity index (χ3n) is 5.55. The predicted molar refractivity (Wildman–Crippen MR) is 90.2 cm³/mol. The fourth-order valence-electron chi connectivity index (χ4n) is 4.24. The van der Waals surface area contributed by atoms with Crippen molar-refractivity contribution in [3.63, 3.8) is 0 Å². The Morgan fingerprint density at radius 3 is 2.83 bits per heavy atom. The molecule has 0 aromatic heterocycles. The number of hydrogen-bond acceptors (Lipinski definition) is 4. The molecule has 3 fully saturated rings. The second-order valence-electron chi connectivity index (χ2n) is 7.09. The van der Waals surface area contributed by atoms with Crippen molar-refractivity contribution in [3.05, 3.63) is 35.9 Å². The minimum Gasteiger partial charge on any atom is -0.377 e. The van der Waals surface area contributed by atoms with Crippen molar-refractivity contribution in [2.75, 3.05) is 39.4 Å². The van der Waals surface area contributed by atoms with Crippen LogP contribution < -0.4 is 0 Å². The maximum atomic E-state index is 12.9. The molecule has 0 aliphatic carbocycles. The molecule has 3 heterocycles. The number of ether oxygens (including phenoxy) is 1. The molecule has 0 unspecified atom stereocenters. The summed E-state index contributed by atoms with van der Waals surface area (Å²) in [6.45, 7) is 4.93. The van der Waals surface area contributed by atoms with Crippen LogP contribution in [0.2, 0.25) is 0 Å². The maximum Gasteiger partial charge on any atom is 0.250 e. The largest absolute Gasteiger partial charge is 0.377 e. The van der Waals surface area contributed by atoms with Gasteiger partial charge in [0.25, 0.3) is 5.91 Å². The van der Waals surface area contributed by atoms with Crippen LogP contribution in [-0.2, 0) is 20.8 Å². The number of carbonyl (C=O) groups excluding carboxylic acids is 1. The van der Waals surface area contributed by atoms with Gasteiger partial charge in [0.2, 0.25) is 0 Å². The molecule has 0 N–H and O–H groups in total. The summed E-state index contributed by atoms with van der Waals surface area (Å²) >= 11 is 0. The molecule has 5 heteroatoms. The van der Waals surface area contributed by atoms with E-state index in [0.29, 0.717) is 12.5 Å². The number of likely N-dealkylation sites (tertiary alicyclic amines) is 1. The number of hydroxylamine groups is 2. The van der Waals surface area contributed by atoms with Crippen LogP contribution in [-0.4, -0.2) is 61.4 Å². The lowest BCUT2D eigenvalue weighted by Crippen LogP contribution is -2.53. The number of hydrogen-bond donors (Lipinski definition) is 0. The Balaban J connectivity index is 1.41. The Kier molecular flexibility index (Phi) is 4.83. The second kappa shape index (κ2) is 7.21. The van der Waals surface area contributed by atoms with E-state index in [1.807, 2.05) is 6.07 Å². The van der Waals surface area contributed by atoms with E-state index >= 15 is 0 Å². The molecule has 1 aromatic rings. The van der Waals surface area contributed by atoms with Gasteiger partial charge < -0.3 is 4.74 Å². The molecular weight excluding hydrogens is 304 g/mol. The van der Waals surface area contributed by atoms with Crippen LogP contribution in [0, 0.1) is 11.8 Å². The van der Waals surface area contributed by atoms with E-state index in [-0.39, 0.29) is 17.9 Å². The Bertz CT molecular complexity index is 559. The minimum atomic E-state index is 0.0140. The van der Waals surface area contributed by atoms with Gasteiger partial charge in [-0.1, -0.05) is 30.3 Å². The molecule has 0 radical (unpaired) electrons. The van der Waals surface area contributed by atoms with E-state index < -0.39 is 0 Å². The number of amides is 1. The van der Waals surface area contributed by atoms with E-state index in [1.54, 1.807) is 5.06 Å². The Hall–Kier alpha value is -1.43. The number of fused-ring (bicyclic) bond motifs is 1. The lowest BCUT2D eigenvalue weighted by molar-refractivity contribution is -0.179. The van der Waals surface area contributed by atoms with Crippen LogP contribution in [0.1, 0.15) is 18.4 Å². The summed E-state index contributed by atoms with van der Waals surface area (Å²) in [5, 5.41) is 1.60. The third-order valence-corrected chi connectivity index (χ3v) is 5.55. The zero-order chi connectivity index (χ0) is 16.4. The van der Waals surface area contributed by atoms with Gasteiger partial charge in [0.05, 0.1) is 25.2 Å². The van der Waals surface area contributed by atoms with E-state index in [9.17, 15) is 4.79 Å². The Morgan fingerprint density at radius 2 is 2.04 bits per heavy atom. The molecule has 1 aromatic carbocycles. The molecule has 0 saturated carbocycles. The topological polar surface area (TPSA) is 42.0 Å². The molecule has 0 bridgehead atoms. The summed E-state index contributed by atoms with van der Waals surface area (Å²) in [7, 11) is 0. The predicted octanol–water partition coefficient (Wildman–Crippen LogP) is 1.73. The first-order chi connectivity index (χ1) is 11.8. The fraction of sp³-hybridized carbons (Fsp3) is 0.632. The molecular formula is C19H26N2O3. The normalized spacial score (nSPS) is 30.5. The maximum absolute atomic E-state index is 12.9. The van der Waals surface area contributed by atoms with Crippen LogP contribution >= 0.6 is 0 Å². The fourth-order valence-corrected chi connectivity index (χ4v) is 4.24. The number of piperidine rings is 1. The van der Waals surface area contributed by atoms with Gasteiger partial charge in [-0.25, -0.2) is 5.06 Å². The van der Waals surface area contributed by atoms with Gasteiger partial charge in [-0.05, 0) is 24.8 Å². The van der Waals surface area contributed by atoms with Crippen molar-refractivity contribution in [1.29, 1.82) is 0 Å². The van der Waals surface area contributed by atoms with Gasteiger partial charge in [-0.3, -0.25) is 14.5 Å². The Labute approximate surface area is 143 Å². The smallest absolute Gasteiger partial charge is 0.250 e. The van der Waals surface area contributed by atoms with Crippen LogP contribution in [0.4, 0.5) is 0 Å². The second-order valence-corrected chi connectivity index (χ2v) is 7.09. The first-order valence-corrected chi connectivity index (χ1v) is 9.13. The molecule has 1 amide bonds. The quantitative estimate of drug-likeness (QED) is 0.843. The van der Waals surface area contributed by atoms with Gasteiger partial charge in [-0.2, -0.15) is 0 Å². The first kappa shape index (κ1) is 16.1. The summed E-state index contributed by atoms with van der Waals surface area (Å²) in [6.07, 6.45) is 3.16. The Morgan fingerprint density at radius 1 is 1.17 bits per heavy atom. The molecule has 3 saturated heterocycles. The lowest BCUT2D eigenvalue weighted by atomic mass is 9.82. The SMILES string of the molecule is O=C([C@@H]1CN(CCc2ccccc2)C[C@@H]2OCC[C@@H]21)N1CCCO1. The van der Waals surface area contributed by atoms with Crippen molar-refractivity contribution in [2.24, 2.45) is 11.8 Å². The van der Waals surface area contributed by atoms with Crippen LogP contribution in [0.5, 0.6) is 0 Å². The molecule has 0 spiro atoms. The highest BCUT2D eigenvalue weighted by atomic mass is 16.7. The van der Waals surface area contributed by atoms with E-state index in [4.69, 9.17) is 9.57 Å². The number of benzene rings is 1. The summed E-state index contributed by atoms with van der Waals surface area (Å²) < 4.78 is 5.93. The summed E-state index contributed by atoms with van der Waals surface area (Å²) in [5.74, 6) is 0.534. The lowest BCUT2D eigenvalue weighted by Gasteiger charge is -2.40. The highest BCUT2D eigenvalue weighted by molar-refractivity contribution is 5.79. The van der Waals surface area contributed by atoms with E-state index in [1.165, 1.54) is 5.56 Å². The summed E-state index contributed by atoms with van der Waals surface area (Å²) in [4.78, 5) is 20.8. The molecule has 5 nitrogen and oxygen atoms in total. The van der Waals surface area contributed by atoms with Crippen LogP contribution in [0.25, 0.3) is 0 Å². The van der Waals surface area contributed by atoms with Gasteiger partial charge in [-0.15, -0.1) is 0 Å². The molecule has 24 heavy (non-hydrogen) atoms. The summed E-state index contributed by atoms with van der Waals surface area (Å²) in [6, 6.07) is 10.5. The van der Waals surface area contributed by atoms with Crippen molar-refractivity contribution in [3.8, 4) is 0 Å². The standard InChI is InChI=1S/C19H26N2O3/c22-19(21-9-4-11-24-21)17-13-20(14-18-16(17)8-12-23-18)10-7-15-5-2-1-3-6-15/h1-3,5-6,16-18H,4,7-14H2/t16-,17-,18+/m1/s1. The average molecular weight is 330 g/mol. The van der Waals surface area contributed by atoms with E-state index in [0.717, 1.165) is 52.0 Å². The highest BCUT2D eigenvalue weighted by Crippen LogP contribution is 2.35. The molecule has 3 aliphatic heterocycles. The van der Waals surface area contributed by atoms with Gasteiger partial charge in [0.1, 0.15) is 0 Å². The van der Waals surface area contributed by atoms with Crippen LogP contribution in [0.15, 0.2) is 30.3 Å². The van der Waals surface area contributed by atoms with Crippen molar-refractivity contribution < 1.29 is 14.4 Å². The number of nitrogens with zero attached hydrogens (tertiary/aromatic N) is 2. The summed E-state index contributed by atoms with van der Waals surface area (Å²) in [5.41, 5.74) is 1.35. The van der Waals surface area contributed by atoms with Gasteiger partial charge in [0, 0.05) is 32.2 Å². The third kappa shape index (κ3) is 3.34. The molecule has 4 rings (SSSR count). The van der Waals surface area contributed by atoms with Crippen molar-refractivity contribution in [2.45, 2.75) is 25.4 Å². The van der Waals surface area contributed by atoms with E-state index in [2.05, 4.69) is 29.2 Å². The molecule has 3 aliphatic rings. The average Bonchev–Trinajstić information content (AvgIpc) is 3.31. The van der Waals surface area contributed by atoms with Crippen molar-refractivity contribution >= 4 is 5.91 Å². The number of rotatable bonds is 4. The zero-order valence-corrected chi connectivity index (χ0v) is 14.1. The monoisotopic (exact) mass is 330 g/mol.